The van der Waals surface area contributed by atoms with Gasteiger partial charge in [0.2, 0.25) is 5.91 Å². The van der Waals surface area contributed by atoms with E-state index in [0.29, 0.717) is 13.1 Å². The normalized spacial score (nSPS) is 20.5. The lowest BCUT2D eigenvalue weighted by Gasteiger charge is -2.45. The molecule has 2 saturated heterocycles. The minimum Gasteiger partial charge on any atom is -0.369 e. The molecule has 2 heterocycles. The molecule has 4 rings (SSSR count). The summed E-state index contributed by atoms with van der Waals surface area (Å²) in [6.07, 6.45) is 0.618. The van der Waals surface area contributed by atoms with Crippen molar-refractivity contribution >= 4 is 17.4 Å². The number of piperazine rings is 1. The maximum Gasteiger partial charge on any atom is 0.226 e. The number of hydrogen-bond donors (Lipinski definition) is 0. The molecule has 1 unspecified atom stereocenters. The lowest BCUT2D eigenvalue weighted by Crippen LogP contribution is -2.55. The summed E-state index contributed by atoms with van der Waals surface area (Å²) in [4.78, 5) is 30.2. The second-order valence-corrected chi connectivity index (χ2v) is 7.34. The van der Waals surface area contributed by atoms with Crippen molar-refractivity contribution in [3.63, 3.8) is 0 Å². The summed E-state index contributed by atoms with van der Waals surface area (Å²) in [5.74, 6) is 0.338. The fourth-order valence-electron chi connectivity index (χ4n) is 3.87. The highest BCUT2D eigenvalue weighted by molar-refractivity contribution is 5.94. The van der Waals surface area contributed by atoms with Gasteiger partial charge in [-0.1, -0.05) is 30.3 Å². The molecule has 0 aromatic heterocycles. The highest BCUT2D eigenvalue weighted by atomic mass is 16.2. The second kappa shape index (κ2) is 7.53. The van der Waals surface area contributed by atoms with Gasteiger partial charge in [0.1, 0.15) is 0 Å². The summed E-state index contributed by atoms with van der Waals surface area (Å²) in [6, 6.07) is 18.3. The maximum absolute atomic E-state index is 12.1. The molecule has 140 valence electrons. The molecule has 2 fully saturated rings. The Kier molecular flexibility index (Phi) is 4.94. The minimum atomic E-state index is 0.0959. The van der Waals surface area contributed by atoms with E-state index in [2.05, 4.69) is 21.9 Å². The summed E-state index contributed by atoms with van der Waals surface area (Å²) >= 11 is 0. The molecule has 0 saturated carbocycles. The number of β-lactam (4-membered cyclic amide) rings is 1. The molecular weight excluding hydrogens is 338 g/mol. The van der Waals surface area contributed by atoms with Crippen molar-refractivity contribution in [2.24, 2.45) is 0 Å². The smallest absolute Gasteiger partial charge is 0.226 e. The number of rotatable bonds is 5. The standard InChI is InChI=1S/C22H25N3O2/c1-17(26)18-7-9-20(10-8-18)24-13-11-23(12-14-24)16-25-21(15-22(25)27)19-5-3-2-4-6-19/h2-10,21H,11-16H2,1H3. The van der Waals surface area contributed by atoms with Gasteiger partial charge < -0.3 is 9.80 Å². The van der Waals surface area contributed by atoms with Crippen LogP contribution in [0.25, 0.3) is 0 Å². The number of ketones is 1. The molecule has 5 nitrogen and oxygen atoms in total. The van der Waals surface area contributed by atoms with Crippen molar-refractivity contribution in [3.8, 4) is 0 Å². The van der Waals surface area contributed by atoms with Crippen molar-refractivity contribution in [3.05, 3.63) is 65.7 Å². The molecule has 1 atom stereocenters. The Bertz CT molecular complexity index is 811. The van der Waals surface area contributed by atoms with Gasteiger partial charge in [-0.25, -0.2) is 0 Å². The van der Waals surface area contributed by atoms with Gasteiger partial charge in [0.25, 0.3) is 0 Å². The topological polar surface area (TPSA) is 43.9 Å². The Labute approximate surface area is 160 Å². The average Bonchev–Trinajstić information content (AvgIpc) is 2.71. The van der Waals surface area contributed by atoms with E-state index in [4.69, 9.17) is 0 Å². The highest BCUT2D eigenvalue weighted by Gasteiger charge is 2.38. The Hall–Kier alpha value is -2.66. The number of amides is 1. The molecule has 0 radical (unpaired) electrons. The summed E-state index contributed by atoms with van der Waals surface area (Å²) in [7, 11) is 0. The van der Waals surface area contributed by atoms with Crippen LogP contribution in [-0.4, -0.2) is 54.3 Å². The zero-order chi connectivity index (χ0) is 18.8. The van der Waals surface area contributed by atoms with E-state index in [1.165, 1.54) is 5.56 Å². The first-order valence-corrected chi connectivity index (χ1v) is 9.54. The van der Waals surface area contributed by atoms with Crippen LogP contribution in [0.15, 0.2) is 54.6 Å². The number of carbonyl (C=O) groups excluding carboxylic acids is 2. The Balaban J connectivity index is 1.33. The van der Waals surface area contributed by atoms with E-state index < -0.39 is 0 Å². The van der Waals surface area contributed by atoms with Crippen LogP contribution in [0.2, 0.25) is 0 Å². The van der Waals surface area contributed by atoms with E-state index >= 15 is 0 Å². The molecule has 5 heteroatoms. The SMILES string of the molecule is CC(=O)c1ccc(N2CCN(CN3C(=O)CC3c3ccccc3)CC2)cc1. The van der Waals surface area contributed by atoms with Crippen LogP contribution in [0.1, 0.15) is 35.3 Å². The summed E-state index contributed by atoms with van der Waals surface area (Å²) in [6.45, 7) is 6.01. The molecule has 0 spiro atoms. The third kappa shape index (κ3) is 3.74. The Morgan fingerprint density at radius 2 is 1.63 bits per heavy atom. The van der Waals surface area contributed by atoms with E-state index in [-0.39, 0.29) is 17.7 Å². The van der Waals surface area contributed by atoms with E-state index in [9.17, 15) is 9.59 Å². The number of anilines is 1. The van der Waals surface area contributed by atoms with E-state index in [0.717, 1.165) is 37.4 Å². The van der Waals surface area contributed by atoms with Crippen molar-refractivity contribution in [1.29, 1.82) is 0 Å². The second-order valence-electron chi connectivity index (χ2n) is 7.34. The predicted octanol–water partition coefficient (Wildman–Crippen LogP) is 2.94. The van der Waals surface area contributed by atoms with Crippen LogP contribution in [-0.2, 0) is 4.79 Å². The van der Waals surface area contributed by atoms with Gasteiger partial charge >= 0.3 is 0 Å². The number of Topliss-reactive ketones (excluding diaryl/α,β-unsaturated/α-hetero) is 1. The number of hydrogen-bond acceptors (Lipinski definition) is 4. The molecular formula is C22H25N3O2. The van der Waals surface area contributed by atoms with Gasteiger partial charge in [0, 0.05) is 37.4 Å². The third-order valence-corrected chi connectivity index (χ3v) is 5.61. The lowest BCUT2D eigenvalue weighted by molar-refractivity contribution is -0.150. The highest BCUT2D eigenvalue weighted by Crippen LogP contribution is 2.34. The van der Waals surface area contributed by atoms with Crippen LogP contribution in [0.4, 0.5) is 5.69 Å². The van der Waals surface area contributed by atoms with Crippen molar-refractivity contribution in [2.75, 3.05) is 37.7 Å². The third-order valence-electron chi connectivity index (χ3n) is 5.61. The molecule has 2 aliphatic rings. The monoisotopic (exact) mass is 363 g/mol. The van der Waals surface area contributed by atoms with Gasteiger partial charge in [-0.2, -0.15) is 0 Å². The van der Waals surface area contributed by atoms with E-state index in [1.54, 1.807) is 6.92 Å². The van der Waals surface area contributed by atoms with Gasteiger partial charge in [0.05, 0.1) is 19.1 Å². The summed E-state index contributed by atoms with van der Waals surface area (Å²) in [5.41, 5.74) is 3.13. The van der Waals surface area contributed by atoms with Crippen LogP contribution in [0.3, 0.4) is 0 Å². The predicted molar refractivity (Wildman–Crippen MR) is 106 cm³/mol. The average molecular weight is 363 g/mol. The number of nitrogens with zero attached hydrogens (tertiary/aromatic N) is 3. The maximum atomic E-state index is 12.1. The first-order valence-electron chi connectivity index (χ1n) is 9.54. The molecule has 1 amide bonds. The molecule has 2 aliphatic heterocycles. The number of likely N-dealkylation sites (tertiary alicyclic amines) is 1. The van der Waals surface area contributed by atoms with Gasteiger partial charge in [-0.15, -0.1) is 0 Å². The molecule has 27 heavy (non-hydrogen) atoms. The Morgan fingerprint density at radius 1 is 0.963 bits per heavy atom. The molecule has 0 bridgehead atoms. The summed E-state index contributed by atoms with van der Waals surface area (Å²) < 4.78 is 0. The van der Waals surface area contributed by atoms with Crippen molar-refractivity contribution < 1.29 is 9.59 Å². The fraction of sp³-hybridized carbons (Fsp3) is 0.364. The zero-order valence-electron chi connectivity index (χ0n) is 15.7. The van der Waals surface area contributed by atoms with Crippen LogP contribution in [0.5, 0.6) is 0 Å². The van der Waals surface area contributed by atoms with Crippen LogP contribution < -0.4 is 4.90 Å². The number of carbonyl (C=O) groups is 2. The van der Waals surface area contributed by atoms with Crippen molar-refractivity contribution in [2.45, 2.75) is 19.4 Å². The first kappa shape index (κ1) is 17.7. The van der Waals surface area contributed by atoms with Gasteiger partial charge in [-0.05, 0) is 36.8 Å². The lowest BCUT2D eigenvalue weighted by atomic mass is 9.94. The number of benzene rings is 2. The molecule has 0 N–H and O–H groups in total. The Morgan fingerprint density at radius 3 is 2.22 bits per heavy atom. The van der Waals surface area contributed by atoms with Crippen molar-refractivity contribution in [1.82, 2.24) is 9.80 Å². The fourth-order valence-corrected chi connectivity index (χ4v) is 3.87. The minimum absolute atomic E-state index is 0.0959. The first-order chi connectivity index (χ1) is 13.1. The largest absolute Gasteiger partial charge is 0.369 e. The van der Waals surface area contributed by atoms with Crippen LogP contribution >= 0.6 is 0 Å². The van der Waals surface area contributed by atoms with Crippen LogP contribution in [0, 0.1) is 0 Å². The molecule has 0 aliphatic carbocycles. The zero-order valence-corrected chi connectivity index (χ0v) is 15.7. The molecule has 2 aromatic carbocycles. The quantitative estimate of drug-likeness (QED) is 0.605. The van der Waals surface area contributed by atoms with E-state index in [1.807, 2.05) is 47.4 Å². The summed E-state index contributed by atoms with van der Waals surface area (Å²) in [5, 5.41) is 0. The van der Waals surface area contributed by atoms with Gasteiger partial charge in [-0.3, -0.25) is 14.5 Å². The molecule has 2 aromatic rings. The van der Waals surface area contributed by atoms with Gasteiger partial charge in [0.15, 0.2) is 5.78 Å².